The maximum Gasteiger partial charge on any atom is 0.329 e. The molecule has 1 atom stereocenters. The smallest absolute Gasteiger partial charge is 0.329 e. The van der Waals surface area contributed by atoms with Crippen LogP contribution in [0.3, 0.4) is 0 Å². The molecule has 0 saturated heterocycles. The van der Waals surface area contributed by atoms with Gasteiger partial charge in [-0.1, -0.05) is 34.1 Å². The number of ether oxygens (including phenoxy) is 1. The highest BCUT2D eigenvalue weighted by atomic mass is 79.9. The van der Waals surface area contributed by atoms with E-state index in [2.05, 4.69) is 26.6 Å². The highest BCUT2D eigenvalue weighted by Gasteiger charge is 2.52. The Kier molecular flexibility index (Phi) is 6.33. The van der Waals surface area contributed by atoms with E-state index in [9.17, 15) is 14.7 Å². The third kappa shape index (κ3) is 3.89. The van der Waals surface area contributed by atoms with Crippen LogP contribution in [-0.2, 0) is 15.3 Å². The van der Waals surface area contributed by atoms with E-state index >= 15 is 0 Å². The van der Waals surface area contributed by atoms with Crippen LogP contribution in [0.4, 0.5) is 16.2 Å². The summed E-state index contributed by atoms with van der Waals surface area (Å²) in [5.74, 6) is -0.679. The quantitative estimate of drug-likeness (QED) is 0.568. The summed E-state index contributed by atoms with van der Waals surface area (Å²) < 4.78 is 5.95. The van der Waals surface area contributed by atoms with Crippen LogP contribution in [0.25, 0.3) is 0 Å². The molecule has 0 radical (unpaired) electrons. The van der Waals surface area contributed by atoms with Gasteiger partial charge in [0.15, 0.2) is 0 Å². The van der Waals surface area contributed by atoms with Crippen molar-refractivity contribution in [3.8, 4) is 0 Å². The van der Waals surface area contributed by atoms with Crippen LogP contribution < -0.4 is 15.5 Å². The molecule has 3 amide bonds. The van der Waals surface area contributed by atoms with Gasteiger partial charge >= 0.3 is 6.03 Å². The van der Waals surface area contributed by atoms with Gasteiger partial charge in [-0.05, 0) is 43.7 Å². The number of rotatable bonds is 7. The van der Waals surface area contributed by atoms with Gasteiger partial charge in [0.2, 0.25) is 0 Å². The topological polar surface area (TPSA) is 90.9 Å². The first-order valence-corrected chi connectivity index (χ1v) is 9.82. The van der Waals surface area contributed by atoms with E-state index in [0.29, 0.717) is 42.0 Å². The first-order valence-electron chi connectivity index (χ1n) is 9.03. The lowest BCUT2D eigenvalue weighted by Gasteiger charge is -2.42. The minimum atomic E-state index is -2.20. The Morgan fingerprint density at radius 2 is 2.04 bits per heavy atom. The standard InChI is InChI=1S/C20H22BrN3O4/c1-2-28-12-6-11-22-18(25)20(27)16-13-14(21)9-10-17(16)23-19(26)24(20)15-7-4-3-5-8-15/h3-5,7-10,13,27H,2,6,11-12H2,1H3,(H,22,25)(H,23,26). The molecule has 8 heteroatoms. The number of amides is 3. The first kappa shape index (κ1) is 20.3. The lowest BCUT2D eigenvalue weighted by atomic mass is 9.94. The summed E-state index contributed by atoms with van der Waals surface area (Å²) in [6.45, 7) is 3.31. The summed E-state index contributed by atoms with van der Waals surface area (Å²) in [6.07, 6.45) is 0.596. The zero-order valence-electron chi connectivity index (χ0n) is 15.4. The van der Waals surface area contributed by atoms with E-state index in [1.54, 1.807) is 48.5 Å². The van der Waals surface area contributed by atoms with Crippen molar-refractivity contribution in [2.75, 3.05) is 30.0 Å². The summed E-state index contributed by atoms with van der Waals surface area (Å²) >= 11 is 3.37. The highest BCUT2D eigenvalue weighted by molar-refractivity contribution is 9.10. The van der Waals surface area contributed by atoms with Crippen molar-refractivity contribution >= 4 is 39.2 Å². The summed E-state index contributed by atoms with van der Waals surface area (Å²) in [5, 5.41) is 17.1. The van der Waals surface area contributed by atoms with Crippen molar-refractivity contribution in [3.05, 3.63) is 58.6 Å². The molecule has 1 heterocycles. The number of urea groups is 1. The largest absolute Gasteiger partial charge is 0.382 e. The predicted octanol–water partition coefficient (Wildman–Crippen LogP) is 3.19. The zero-order valence-corrected chi connectivity index (χ0v) is 17.0. The maximum absolute atomic E-state index is 13.1. The van der Waals surface area contributed by atoms with E-state index in [4.69, 9.17) is 4.74 Å². The Morgan fingerprint density at radius 1 is 1.29 bits per heavy atom. The minimum absolute atomic E-state index is 0.285. The number of carbonyl (C=O) groups is 2. The molecule has 7 nitrogen and oxygen atoms in total. The molecular weight excluding hydrogens is 426 g/mol. The molecule has 28 heavy (non-hydrogen) atoms. The molecule has 2 aromatic rings. The molecule has 1 aliphatic rings. The Labute approximate surface area is 171 Å². The number of nitrogens with zero attached hydrogens (tertiary/aromatic N) is 1. The monoisotopic (exact) mass is 447 g/mol. The molecule has 148 valence electrons. The molecule has 0 spiro atoms. The molecule has 0 aliphatic carbocycles. The summed E-state index contributed by atoms with van der Waals surface area (Å²) in [4.78, 5) is 27.0. The normalized spacial score (nSPS) is 18.4. The van der Waals surface area contributed by atoms with E-state index in [-0.39, 0.29) is 5.56 Å². The fraction of sp³-hybridized carbons (Fsp3) is 0.300. The summed E-state index contributed by atoms with van der Waals surface area (Å²) in [5.41, 5.74) is -1.13. The zero-order chi connectivity index (χ0) is 20.1. The number of benzene rings is 2. The number of anilines is 2. The molecule has 1 aliphatic heterocycles. The number of hydrogen-bond acceptors (Lipinski definition) is 4. The minimum Gasteiger partial charge on any atom is -0.382 e. The van der Waals surface area contributed by atoms with Crippen molar-refractivity contribution < 1.29 is 19.4 Å². The molecule has 0 saturated carbocycles. The van der Waals surface area contributed by atoms with Gasteiger partial charge in [-0.25, -0.2) is 4.79 Å². The molecular formula is C20H22BrN3O4. The number of carbonyl (C=O) groups excluding carboxylic acids is 2. The van der Waals surface area contributed by atoms with Crippen LogP contribution in [0.2, 0.25) is 0 Å². The van der Waals surface area contributed by atoms with Crippen LogP contribution in [0.5, 0.6) is 0 Å². The van der Waals surface area contributed by atoms with Gasteiger partial charge in [-0.3, -0.25) is 9.69 Å². The molecule has 3 rings (SSSR count). The summed E-state index contributed by atoms with van der Waals surface area (Å²) in [7, 11) is 0. The number of aliphatic hydroxyl groups is 1. The average molecular weight is 448 g/mol. The SMILES string of the molecule is CCOCCCNC(=O)C1(O)c2cc(Br)ccc2NC(=O)N1c1ccccc1. The van der Waals surface area contributed by atoms with E-state index in [0.717, 1.165) is 4.90 Å². The third-order valence-electron chi connectivity index (χ3n) is 4.41. The van der Waals surface area contributed by atoms with Gasteiger partial charge < -0.3 is 20.5 Å². The van der Waals surface area contributed by atoms with Crippen LogP contribution in [0, 0.1) is 0 Å². The van der Waals surface area contributed by atoms with Gasteiger partial charge in [-0.15, -0.1) is 0 Å². The van der Waals surface area contributed by atoms with E-state index in [1.807, 2.05) is 6.92 Å². The van der Waals surface area contributed by atoms with Crippen molar-refractivity contribution in [2.45, 2.75) is 19.1 Å². The molecule has 1 unspecified atom stereocenters. The van der Waals surface area contributed by atoms with E-state index in [1.165, 1.54) is 0 Å². The molecule has 0 aromatic heterocycles. The van der Waals surface area contributed by atoms with Crippen molar-refractivity contribution in [1.29, 1.82) is 0 Å². The molecule has 3 N–H and O–H groups in total. The predicted molar refractivity (Wildman–Crippen MR) is 110 cm³/mol. The van der Waals surface area contributed by atoms with Crippen molar-refractivity contribution in [2.24, 2.45) is 0 Å². The number of hydrogen-bond donors (Lipinski definition) is 3. The Morgan fingerprint density at radius 3 is 2.75 bits per heavy atom. The third-order valence-corrected chi connectivity index (χ3v) is 4.90. The van der Waals surface area contributed by atoms with Gasteiger partial charge in [0.1, 0.15) is 0 Å². The Hall–Kier alpha value is -2.42. The van der Waals surface area contributed by atoms with Gasteiger partial charge in [0, 0.05) is 35.5 Å². The second-order valence-corrected chi connectivity index (χ2v) is 7.19. The summed E-state index contributed by atoms with van der Waals surface area (Å²) in [6, 6.07) is 13.0. The fourth-order valence-corrected chi connectivity index (χ4v) is 3.46. The maximum atomic E-state index is 13.1. The highest BCUT2D eigenvalue weighted by Crippen LogP contribution is 2.40. The lowest BCUT2D eigenvalue weighted by Crippen LogP contribution is -2.62. The van der Waals surface area contributed by atoms with E-state index < -0.39 is 17.7 Å². The van der Waals surface area contributed by atoms with Crippen molar-refractivity contribution in [3.63, 3.8) is 0 Å². The van der Waals surface area contributed by atoms with Crippen LogP contribution >= 0.6 is 15.9 Å². The Balaban J connectivity index is 1.99. The van der Waals surface area contributed by atoms with Crippen LogP contribution in [0.15, 0.2) is 53.0 Å². The number of fused-ring (bicyclic) bond motifs is 1. The number of para-hydroxylation sites is 1. The number of halogens is 1. The second kappa shape index (κ2) is 8.72. The van der Waals surface area contributed by atoms with Gasteiger partial charge in [-0.2, -0.15) is 0 Å². The first-order chi connectivity index (χ1) is 13.5. The van der Waals surface area contributed by atoms with Gasteiger partial charge in [0.25, 0.3) is 11.6 Å². The number of nitrogens with one attached hydrogen (secondary N) is 2. The van der Waals surface area contributed by atoms with Crippen LogP contribution in [0.1, 0.15) is 18.9 Å². The van der Waals surface area contributed by atoms with Crippen molar-refractivity contribution in [1.82, 2.24) is 5.32 Å². The molecule has 0 bridgehead atoms. The average Bonchev–Trinajstić information content (AvgIpc) is 2.69. The second-order valence-electron chi connectivity index (χ2n) is 6.27. The van der Waals surface area contributed by atoms with Gasteiger partial charge in [0.05, 0.1) is 5.69 Å². The molecule has 2 aromatic carbocycles. The Bertz CT molecular complexity index is 862. The lowest BCUT2D eigenvalue weighted by molar-refractivity contribution is -0.140. The fourth-order valence-electron chi connectivity index (χ4n) is 3.10. The molecule has 0 fully saturated rings. The van der Waals surface area contributed by atoms with Crippen LogP contribution in [-0.4, -0.2) is 36.8 Å².